The van der Waals surface area contributed by atoms with E-state index in [1.165, 1.54) is 12.1 Å². The van der Waals surface area contributed by atoms with Crippen molar-refractivity contribution in [2.75, 3.05) is 6.54 Å². The van der Waals surface area contributed by atoms with Gasteiger partial charge in [-0.3, -0.25) is 5.41 Å². The average Bonchev–Trinajstić information content (AvgIpc) is 2.91. The molecule has 0 aliphatic carbocycles. The lowest BCUT2D eigenvalue weighted by Crippen LogP contribution is -2.09. The molecule has 1 aromatic heterocycles. The maximum atomic E-state index is 13.7. The van der Waals surface area contributed by atoms with Gasteiger partial charge in [0.15, 0.2) is 11.7 Å². The average molecular weight is 364 g/mol. The van der Waals surface area contributed by atoms with Crippen molar-refractivity contribution in [1.82, 2.24) is 10.3 Å². The minimum absolute atomic E-state index is 0.0456. The molecule has 134 valence electrons. The molecule has 4 nitrogen and oxygen atoms in total. The predicted octanol–water partition coefficient (Wildman–Crippen LogP) is 5.16. The van der Waals surface area contributed by atoms with Gasteiger partial charge in [-0.1, -0.05) is 25.4 Å². The van der Waals surface area contributed by atoms with Gasteiger partial charge in [0.2, 0.25) is 0 Å². The van der Waals surface area contributed by atoms with Crippen LogP contribution < -0.4 is 5.32 Å². The quantitative estimate of drug-likeness (QED) is 0.667. The number of nitrogens with zero attached hydrogens (tertiary/aromatic N) is 1. The van der Waals surface area contributed by atoms with Gasteiger partial charge >= 0.3 is 0 Å². The lowest BCUT2D eigenvalue weighted by Gasteiger charge is -2.12. The minimum Gasteiger partial charge on any atom is -0.441 e. The Bertz CT molecular complexity index is 796. The van der Waals surface area contributed by atoms with Crippen LogP contribution in [0.25, 0.3) is 11.3 Å². The molecular weight excluding hydrogens is 341 g/mol. The van der Waals surface area contributed by atoms with Crippen molar-refractivity contribution in [3.05, 3.63) is 52.9 Å². The Morgan fingerprint density at radius 2 is 2.16 bits per heavy atom. The van der Waals surface area contributed by atoms with E-state index in [1.807, 2.05) is 20.8 Å². The second-order valence-electron chi connectivity index (χ2n) is 6.11. The second kappa shape index (κ2) is 8.30. The van der Waals surface area contributed by atoms with E-state index < -0.39 is 0 Å². The van der Waals surface area contributed by atoms with Gasteiger partial charge in [0.25, 0.3) is 0 Å². The first kappa shape index (κ1) is 19.2. The van der Waals surface area contributed by atoms with E-state index >= 15 is 0 Å². The molecule has 0 aliphatic rings. The first-order valence-electron chi connectivity index (χ1n) is 8.26. The summed E-state index contributed by atoms with van der Waals surface area (Å²) in [5, 5.41) is 10.8. The van der Waals surface area contributed by atoms with Crippen molar-refractivity contribution < 1.29 is 8.81 Å². The van der Waals surface area contributed by atoms with Crippen molar-refractivity contribution in [2.24, 2.45) is 0 Å². The monoisotopic (exact) mass is 363 g/mol. The van der Waals surface area contributed by atoms with Gasteiger partial charge in [-0.05, 0) is 36.6 Å². The van der Waals surface area contributed by atoms with Gasteiger partial charge in [0.1, 0.15) is 11.0 Å². The molecule has 0 amide bonds. The van der Waals surface area contributed by atoms with Crippen LogP contribution in [-0.4, -0.2) is 16.7 Å². The summed E-state index contributed by atoms with van der Waals surface area (Å²) >= 11 is 5.90. The molecule has 25 heavy (non-hydrogen) atoms. The maximum absolute atomic E-state index is 13.7. The molecule has 0 unspecified atom stereocenters. The Morgan fingerprint density at radius 3 is 2.76 bits per heavy atom. The Hall–Kier alpha value is -2.14. The smallest absolute Gasteiger partial charge is 0.192 e. The topological polar surface area (TPSA) is 61.9 Å². The second-order valence-corrected chi connectivity index (χ2v) is 6.49. The summed E-state index contributed by atoms with van der Waals surface area (Å²) in [6, 6.07) is 4.66. The van der Waals surface area contributed by atoms with Gasteiger partial charge in [-0.25, -0.2) is 9.37 Å². The van der Waals surface area contributed by atoms with Crippen molar-refractivity contribution >= 4 is 16.8 Å². The lowest BCUT2D eigenvalue weighted by molar-refractivity contribution is 0.532. The van der Waals surface area contributed by atoms with Crippen molar-refractivity contribution in [1.29, 1.82) is 5.41 Å². The van der Waals surface area contributed by atoms with E-state index in [1.54, 1.807) is 19.2 Å². The highest BCUT2D eigenvalue weighted by molar-refractivity contribution is 6.68. The zero-order valence-electron chi connectivity index (χ0n) is 14.9. The summed E-state index contributed by atoms with van der Waals surface area (Å²) in [6.07, 6.45) is 2.08. The SMILES string of the molecule is CCN/C=C(/Cc1nc(C)oc1-c1ccc(F)cc1C(C)C)C(=N)Cl. The first-order chi connectivity index (χ1) is 11.8. The normalized spacial score (nSPS) is 11.9. The molecule has 1 aromatic carbocycles. The van der Waals surface area contributed by atoms with Crippen LogP contribution in [0.3, 0.4) is 0 Å². The molecule has 0 spiro atoms. The number of halogens is 2. The number of aryl methyl sites for hydroxylation is 1. The van der Waals surface area contributed by atoms with Gasteiger partial charge in [-0.15, -0.1) is 0 Å². The number of oxazole rings is 1. The Kier molecular flexibility index (Phi) is 6.37. The van der Waals surface area contributed by atoms with E-state index in [0.717, 1.165) is 17.7 Å². The number of rotatable bonds is 7. The zero-order valence-corrected chi connectivity index (χ0v) is 15.7. The summed E-state index contributed by atoms with van der Waals surface area (Å²) in [5.41, 5.74) is 2.97. The minimum atomic E-state index is -0.277. The van der Waals surface area contributed by atoms with Crippen molar-refractivity contribution in [2.45, 2.75) is 40.0 Å². The van der Waals surface area contributed by atoms with Crippen LogP contribution in [0.5, 0.6) is 0 Å². The summed E-state index contributed by atoms with van der Waals surface area (Å²) < 4.78 is 19.5. The summed E-state index contributed by atoms with van der Waals surface area (Å²) in [7, 11) is 0. The molecule has 0 fully saturated rings. The number of hydrogen-bond donors (Lipinski definition) is 2. The van der Waals surface area contributed by atoms with Crippen LogP contribution in [-0.2, 0) is 6.42 Å². The molecule has 6 heteroatoms. The highest BCUT2D eigenvalue weighted by atomic mass is 35.5. The molecule has 0 saturated carbocycles. The molecule has 0 bridgehead atoms. The summed E-state index contributed by atoms with van der Waals surface area (Å²) in [6.45, 7) is 8.47. The molecule has 0 atom stereocenters. The van der Waals surface area contributed by atoms with Gasteiger partial charge < -0.3 is 9.73 Å². The van der Waals surface area contributed by atoms with E-state index in [9.17, 15) is 4.39 Å². The fourth-order valence-electron chi connectivity index (χ4n) is 2.62. The lowest BCUT2D eigenvalue weighted by atomic mass is 9.94. The maximum Gasteiger partial charge on any atom is 0.192 e. The molecule has 2 N–H and O–H groups in total. The third-order valence-corrected chi connectivity index (χ3v) is 4.05. The highest BCUT2D eigenvalue weighted by Gasteiger charge is 2.20. The molecule has 1 heterocycles. The van der Waals surface area contributed by atoms with E-state index in [0.29, 0.717) is 29.3 Å². The molecule has 2 rings (SSSR count). The number of nitrogens with one attached hydrogen (secondary N) is 2. The van der Waals surface area contributed by atoms with E-state index in [2.05, 4.69) is 10.3 Å². The summed E-state index contributed by atoms with van der Waals surface area (Å²) in [5.74, 6) is 0.974. The molecular formula is C19H23ClFN3O. The number of allylic oxidation sites excluding steroid dienone is 1. The van der Waals surface area contributed by atoms with Gasteiger partial charge in [0.05, 0.1) is 5.69 Å². The zero-order chi connectivity index (χ0) is 18.6. The molecule has 0 saturated heterocycles. The molecule has 0 aliphatic heterocycles. The fourth-order valence-corrected chi connectivity index (χ4v) is 2.74. The van der Waals surface area contributed by atoms with Crippen molar-refractivity contribution in [3.8, 4) is 11.3 Å². The van der Waals surface area contributed by atoms with Gasteiger partial charge in [-0.2, -0.15) is 0 Å². The summed E-state index contributed by atoms with van der Waals surface area (Å²) in [4.78, 5) is 4.46. The first-order valence-corrected chi connectivity index (χ1v) is 8.64. The van der Waals surface area contributed by atoms with Crippen LogP contribution in [0.2, 0.25) is 0 Å². The fraction of sp³-hybridized carbons (Fsp3) is 0.368. The molecule has 0 radical (unpaired) electrons. The van der Waals surface area contributed by atoms with Crippen LogP contribution in [0.15, 0.2) is 34.4 Å². The van der Waals surface area contributed by atoms with Crippen molar-refractivity contribution in [3.63, 3.8) is 0 Å². The number of benzene rings is 1. The van der Waals surface area contributed by atoms with Crippen LogP contribution in [0, 0.1) is 18.2 Å². The van der Waals surface area contributed by atoms with Gasteiger partial charge in [0, 0.05) is 37.2 Å². The Labute approximate surface area is 152 Å². The third kappa shape index (κ3) is 4.69. The number of aromatic nitrogens is 1. The van der Waals surface area contributed by atoms with E-state index in [4.69, 9.17) is 21.4 Å². The predicted molar refractivity (Wildman–Crippen MR) is 99.8 cm³/mol. The Balaban J connectivity index is 2.50. The Morgan fingerprint density at radius 1 is 1.44 bits per heavy atom. The van der Waals surface area contributed by atoms with E-state index in [-0.39, 0.29) is 16.9 Å². The molecule has 2 aromatic rings. The largest absolute Gasteiger partial charge is 0.441 e. The van der Waals surface area contributed by atoms with Crippen LogP contribution in [0.1, 0.15) is 43.8 Å². The standard InChI is InChI=1S/C19H23ClFN3O/c1-5-23-10-13(19(20)22)8-17-18(25-12(4)24-17)15-7-6-14(21)9-16(15)11(2)3/h6-7,9-11,22-23H,5,8H2,1-4H3/b13-10-,22-19?. The third-order valence-electron chi connectivity index (χ3n) is 3.80. The van der Waals surface area contributed by atoms with Crippen LogP contribution in [0.4, 0.5) is 4.39 Å². The number of hydrogen-bond acceptors (Lipinski definition) is 4. The highest BCUT2D eigenvalue weighted by Crippen LogP contribution is 2.33. The van der Waals surface area contributed by atoms with Crippen LogP contribution >= 0.6 is 11.6 Å².